The average Bonchev–Trinajstić information content (AvgIpc) is 2.76. The summed E-state index contributed by atoms with van der Waals surface area (Å²) >= 11 is 0. The topological polar surface area (TPSA) is 51.2 Å². The Labute approximate surface area is 162 Å². The molecule has 2 fully saturated rings. The third-order valence-electron chi connectivity index (χ3n) is 5.43. The van der Waals surface area contributed by atoms with E-state index in [4.69, 9.17) is 14.2 Å². The quantitative estimate of drug-likeness (QED) is 0.794. The van der Waals surface area contributed by atoms with E-state index in [2.05, 4.69) is 4.90 Å². The number of nitrogens with zero attached hydrogens (tertiary/aromatic N) is 2. The van der Waals surface area contributed by atoms with Crippen LogP contribution in [0.1, 0.15) is 42.6 Å². The summed E-state index contributed by atoms with van der Waals surface area (Å²) < 4.78 is 16.9. The van der Waals surface area contributed by atoms with E-state index in [9.17, 15) is 4.79 Å². The first-order valence-electron chi connectivity index (χ1n) is 10.2. The van der Waals surface area contributed by atoms with Gasteiger partial charge in [0, 0.05) is 32.2 Å². The number of piperidine rings is 1. The van der Waals surface area contributed by atoms with Crippen LogP contribution in [0, 0.1) is 6.92 Å². The highest BCUT2D eigenvalue weighted by molar-refractivity contribution is 5.98. The summed E-state index contributed by atoms with van der Waals surface area (Å²) in [6, 6.07) is 4.39. The minimum atomic E-state index is 0.0576. The number of aryl methyl sites for hydroxylation is 1. The third kappa shape index (κ3) is 4.38. The van der Waals surface area contributed by atoms with E-state index < -0.39 is 0 Å². The van der Waals surface area contributed by atoms with Crippen molar-refractivity contribution in [3.8, 4) is 11.5 Å². The Bertz CT molecular complexity index is 635. The molecule has 0 saturated carbocycles. The van der Waals surface area contributed by atoms with E-state index in [-0.39, 0.29) is 5.91 Å². The molecule has 0 atom stereocenters. The van der Waals surface area contributed by atoms with Crippen molar-refractivity contribution in [2.75, 3.05) is 52.6 Å². The Hall–Kier alpha value is -1.79. The molecule has 6 nitrogen and oxygen atoms in total. The van der Waals surface area contributed by atoms with Gasteiger partial charge in [-0.15, -0.1) is 0 Å². The van der Waals surface area contributed by atoms with Gasteiger partial charge in [0.2, 0.25) is 0 Å². The van der Waals surface area contributed by atoms with Crippen LogP contribution in [-0.4, -0.2) is 74.4 Å². The lowest BCUT2D eigenvalue weighted by molar-refractivity contribution is 0.00152. The Balaban J connectivity index is 0.00000102. The first-order valence-corrected chi connectivity index (χ1v) is 10.2. The molecule has 27 heavy (non-hydrogen) atoms. The summed E-state index contributed by atoms with van der Waals surface area (Å²) in [5, 5.41) is 0. The largest absolute Gasteiger partial charge is 0.486 e. The number of ether oxygens (including phenoxy) is 3. The van der Waals surface area contributed by atoms with Crippen LogP contribution in [0.15, 0.2) is 12.1 Å². The molecule has 0 aromatic heterocycles. The fourth-order valence-electron chi connectivity index (χ4n) is 3.99. The molecule has 150 valence electrons. The molecule has 0 spiro atoms. The van der Waals surface area contributed by atoms with Crippen molar-refractivity contribution in [3.63, 3.8) is 0 Å². The van der Waals surface area contributed by atoms with Crippen molar-refractivity contribution in [1.82, 2.24) is 9.80 Å². The molecule has 1 aromatic carbocycles. The van der Waals surface area contributed by atoms with Gasteiger partial charge in [-0.05, 0) is 31.4 Å². The zero-order chi connectivity index (χ0) is 19.2. The number of carbonyl (C=O) groups is 1. The van der Waals surface area contributed by atoms with Crippen LogP contribution in [-0.2, 0) is 4.74 Å². The normalized spacial score (nSPS) is 20.6. The first-order chi connectivity index (χ1) is 13.2. The van der Waals surface area contributed by atoms with Crippen molar-refractivity contribution in [3.05, 3.63) is 23.3 Å². The van der Waals surface area contributed by atoms with Gasteiger partial charge in [0.15, 0.2) is 11.5 Å². The van der Waals surface area contributed by atoms with Gasteiger partial charge in [-0.1, -0.05) is 19.9 Å². The van der Waals surface area contributed by atoms with Crippen LogP contribution in [0.3, 0.4) is 0 Å². The summed E-state index contributed by atoms with van der Waals surface area (Å²) in [6.45, 7) is 12.3. The Morgan fingerprint density at radius 3 is 2.22 bits per heavy atom. The van der Waals surface area contributed by atoms with Gasteiger partial charge in [-0.2, -0.15) is 0 Å². The van der Waals surface area contributed by atoms with Gasteiger partial charge in [-0.25, -0.2) is 0 Å². The van der Waals surface area contributed by atoms with Crippen molar-refractivity contribution in [2.24, 2.45) is 0 Å². The molecule has 0 bridgehead atoms. The van der Waals surface area contributed by atoms with Crippen LogP contribution in [0.25, 0.3) is 0 Å². The molecule has 0 radical (unpaired) electrons. The number of amides is 1. The molecule has 1 aromatic rings. The number of rotatable bonds is 2. The monoisotopic (exact) mass is 376 g/mol. The molecule has 0 aliphatic carbocycles. The Morgan fingerprint density at radius 1 is 0.926 bits per heavy atom. The summed E-state index contributed by atoms with van der Waals surface area (Å²) in [5.74, 6) is 1.40. The third-order valence-corrected chi connectivity index (χ3v) is 5.43. The molecular weight excluding hydrogens is 344 g/mol. The minimum Gasteiger partial charge on any atom is -0.486 e. The fraction of sp³-hybridized carbons (Fsp3) is 0.667. The number of likely N-dealkylation sites (tertiary alicyclic amines) is 1. The van der Waals surface area contributed by atoms with E-state index in [0.717, 1.165) is 63.5 Å². The molecule has 0 unspecified atom stereocenters. The van der Waals surface area contributed by atoms with Crippen LogP contribution in [0.4, 0.5) is 0 Å². The van der Waals surface area contributed by atoms with Gasteiger partial charge in [-0.3, -0.25) is 9.69 Å². The first kappa shape index (κ1) is 20.0. The number of carbonyl (C=O) groups excluding carboxylic acids is 1. The SMILES string of the molecule is CC.Cc1ccc(C(=O)N2CCC(N3CCOCC3)CC2)c2c1OCCO2. The number of hydrogen-bond acceptors (Lipinski definition) is 5. The van der Waals surface area contributed by atoms with Crippen molar-refractivity contribution in [1.29, 1.82) is 0 Å². The number of hydrogen-bond donors (Lipinski definition) is 0. The molecule has 1 amide bonds. The van der Waals surface area contributed by atoms with Gasteiger partial charge >= 0.3 is 0 Å². The van der Waals surface area contributed by atoms with E-state index >= 15 is 0 Å². The summed E-state index contributed by atoms with van der Waals surface area (Å²) in [7, 11) is 0. The molecule has 3 aliphatic heterocycles. The minimum absolute atomic E-state index is 0.0576. The molecule has 3 heterocycles. The van der Waals surface area contributed by atoms with Crippen LogP contribution in [0.2, 0.25) is 0 Å². The van der Waals surface area contributed by atoms with E-state index in [1.165, 1.54) is 0 Å². The van der Waals surface area contributed by atoms with E-state index in [1.54, 1.807) is 0 Å². The van der Waals surface area contributed by atoms with Gasteiger partial charge in [0.1, 0.15) is 13.2 Å². The van der Waals surface area contributed by atoms with Crippen molar-refractivity contribution < 1.29 is 19.0 Å². The van der Waals surface area contributed by atoms with Crippen molar-refractivity contribution in [2.45, 2.75) is 39.7 Å². The smallest absolute Gasteiger partial charge is 0.257 e. The lowest BCUT2D eigenvalue weighted by Gasteiger charge is -2.40. The predicted octanol–water partition coefficient (Wildman–Crippen LogP) is 2.73. The Kier molecular flexibility index (Phi) is 6.96. The fourth-order valence-corrected chi connectivity index (χ4v) is 3.99. The highest BCUT2D eigenvalue weighted by atomic mass is 16.6. The second-order valence-corrected chi connectivity index (χ2v) is 6.96. The lowest BCUT2D eigenvalue weighted by Crippen LogP contribution is -2.50. The standard InChI is InChI=1S/C19H26N2O4.C2H6/c1-14-2-3-16(18-17(14)24-12-13-25-18)19(22)21-6-4-15(5-7-21)20-8-10-23-11-9-20;1-2/h2-3,15H,4-13H2,1H3;1-2H3. The zero-order valence-corrected chi connectivity index (χ0v) is 16.8. The maximum atomic E-state index is 13.0. The second kappa shape index (κ2) is 9.42. The highest BCUT2D eigenvalue weighted by Gasteiger charge is 2.31. The summed E-state index contributed by atoms with van der Waals surface area (Å²) in [6.07, 6.45) is 2.05. The maximum absolute atomic E-state index is 13.0. The van der Waals surface area contributed by atoms with E-state index in [1.807, 2.05) is 37.8 Å². The molecule has 3 aliphatic rings. The number of benzene rings is 1. The number of fused-ring (bicyclic) bond motifs is 1. The maximum Gasteiger partial charge on any atom is 0.257 e. The summed E-state index contributed by atoms with van der Waals surface area (Å²) in [5.41, 5.74) is 1.64. The van der Waals surface area contributed by atoms with Gasteiger partial charge in [0.25, 0.3) is 5.91 Å². The summed E-state index contributed by atoms with van der Waals surface area (Å²) in [4.78, 5) is 17.5. The average molecular weight is 376 g/mol. The predicted molar refractivity (Wildman–Crippen MR) is 105 cm³/mol. The van der Waals surface area contributed by atoms with Crippen LogP contribution in [0.5, 0.6) is 11.5 Å². The molecule has 4 rings (SSSR count). The number of morpholine rings is 1. The molecule has 0 N–H and O–H groups in total. The van der Waals surface area contributed by atoms with Gasteiger partial charge < -0.3 is 19.1 Å². The second-order valence-electron chi connectivity index (χ2n) is 6.96. The molecule has 6 heteroatoms. The van der Waals surface area contributed by atoms with Crippen molar-refractivity contribution >= 4 is 5.91 Å². The lowest BCUT2D eigenvalue weighted by atomic mass is 10.0. The molecule has 2 saturated heterocycles. The van der Waals surface area contributed by atoms with Gasteiger partial charge in [0.05, 0.1) is 18.8 Å². The van der Waals surface area contributed by atoms with Crippen LogP contribution < -0.4 is 9.47 Å². The molecular formula is C21H32N2O4. The van der Waals surface area contributed by atoms with E-state index in [0.29, 0.717) is 30.6 Å². The Morgan fingerprint density at radius 2 is 1.56 bits per heavy atom. The highest BCUT2D eigenvalue weighted by Crippen LogP contribution is 2.37. The zero-order valence-electron chi connectivity index (χ0n) is 16.8. The van der Waals surface area contributed by atoms with Crippen LogP contribution >= 0.6 is 0 Å².